The largest absolute Gasteiger partial charge is 0.421 e. The van der Waals surface area contributed by atoms with Gasteiger partial charge in [-0.1, -0.05) is 25.7 Å². The molecule has 132 valence electrons. The Morgan fingerprint density at radius 1 is 1.00 bits per heavy atom. The van der Waals surface area contributed by atoms with Crippen LogP contribution in [0.3, 0.4) is 0 Å². The first-order chi connectivity index (χ1) is 12.1. The standard InChI is InChI=1S/C18H22N4O3/c1-12-21-22-18(25-12)13-8-10-15(11-9-13)20-17(24)16(23)19-14-6-4-2-3-5-7-14/h8-11,14H,2-7H2,1H3,(H,19,23)(H,20,24). The summed E-state index contributed by atoms with van der Waals surface area (Å²) < 4.78 is 5.35. The van der Waals surface area contributed by atoms with Crippen LogP contribution in [0.4, 0.5) is 5.69 Å². The average molecular weight is 342 g/mol. The molecule has 1 fully saturated rings. The highest BCUT2D eigenvalue weighted by molar-refractivity contribution is 6.39. The topological polar surface area (TPSA) is 97.1 Å². The maximum Gasteiger partial charge on any atom is 0.313 e. The van der Waals surface area contributed by atoms with Crippen molar-refractivity contribution in [2.24, 2.45) is 0 Å². The molecule has 2 amide bonds. The van der Waals surface area contributed by atoms with Crippen molar-refractivity contribution in [3.63, 3.8) is 0 Å². The van der Waals surface area contributed by atoms with Gasteiger partial charge in [-0.2, -0.15) is 0 Å². The van der Waals surface area contributed by atoms with Crippen LogP contribution in [0.5, 0.6) is 0 Å². The Kier molecular flexibility index (Phi) is 5.42. The highest BCUT2D eigenvalue weighted by Crippen LogP contribution is 2.20. The van der Waals surface area contributed by atoms with Crippen LogP contribution in [0.1, 0.15) is 44.4 Å². The number of carbonyl (C=O) groups is 2. The van der Waals surface area contributed by atoms with Gasteiger partial charge in [-0.15, -0.1) is 10.2 Å². The van der Waals surface area contributed by atoms with Crippen molar-refractivity contribution in [3.05, 3.63) is 30.2 Å². The van der Waals surface area contributed by atoms with Crippen molar-refractivity contribution in [3.8, 4) is 11.5 Å². The summed E-state index contributed by atoms with van der Waals surface area (Å²) in [7, 11) is 0. The van der Waals surface area contributed by atoms with Crippen LogP contribution in [0, 0.1) is 6.92 Å². The fourth-order valence-corrected chi connectivity index (χ4v) is 2.97. The van der Waals surface area contributed by atoms with Crippen LogP contribution in [-0.4, -0.2) is 28.1 Å². The van der Waals surface area contributed by atoms with Gasteiger partial charge < -0.3 is 15.1 Å². The quantitative estimate of drug-likeness (QED) is 0.660. The lowest BCUT2D eigenvalue weighted by Crippen LogP contribution is -2.41. The lowest BCUT2D eigenvalue weighted by atomic mass is 10.1. The third kappa shape index (κ3) is 4.65. The summed E-state index contributed by atoms with van der Waals surface area (Å²) in [4.78, 5) is 24.1. The van der Waals surface area contributed by atoms with Crippen molar-refractivity contribution < 1.29 is 14.0 Å². The van der Waals surface area contributed by atoms with E-state index in [0.29, 0.717) is 17.5 Å². The van der Waals surface area contributed by atoms with Gasteiger partial charge in [0.25, 0.3) is 0 Å². The lowest BCUT2D eigenvalue weighted by molar-refractivity contribution is -0.136. The molecule has 2 N–H and O–H groups in total. The fourth-order valence-electron chi connectivity index (χ4n) is 2.97. The summed E-state index contributed by atoms with van der Waals surface area (Å²) in [6, 6.07) is 7.01. The molecule has 0 atom stereocenters. The molecule has 2 aromatic rings. The maximum atomic E-state index is 12.1. The van der Waals surface area contributed by atoms with Crippen molar-refractivity contribution in [2.75, 3.05) is 5.32 Å². The third-order valence-corrected chi connectivity index (χ3v) is 4.31. The Morgan fingerprint density at radius 2 is 1.68 bits per heavy atom. The molecule has 7 nitrogen and oxygen atoms in total. The minimum absolute atomic E-state index is 0.101. The summed E-state index contributed by atoms with van der Waals surface area (Å²) in [5.41, 5.74) is 1.29. The molecule has 1 heterocycles. The monoisotopic (exact) mass is 342 g/mol. The molecule has 0 unspecified atom stereocenters. The second kappa shape index (κ2) is 7.92. The molecule has 7 heteroatoms. The maximum absolute atomic E-state index is 12.1. The smallest absolute Gasteiger partial charge is 0.313 e. The van der Waals surface area contributed by atoms with Gasteiger partial charge in [0.15, 0.2) is 0 Å². The van der Waals surface area contributed by atoms with Gasteiger partial charge in [-0.3, -0.25) is 9.59 Å². The van der Waals surface area contributed by atoms with Gasteiger partial charge in [0.1, 0.15) is 0 Å². The molecule has 1 aromatic heterocycles. The first kappa shape index (κ1) is 17.1. The zero-order valence-corrected chi connectivity index (χ0v) is 14.2. The van der Waals surface area contributed by atoms with Gasteiger partial charge in [0, 0.05) is 24.2 Å². The van der Waals surface area contributed by atoms with Crippen LogP contribution in [0.2, 0.25) is 0 Å². The summed E-state index contributed by atoms with van der Waals surface area (Å²) in [6.45, 7) is 1.72. The molecule has 1 aromatic carbocycles. The third-order valence-electron chi connectivity index (χ3n) is 4.31. The highest BCUT2D eigenvalue weighted by atomic mass is 16.4. The average Bonchev–Trinajstić information content (AvgIpc) is 2.88. The predicted octanol–water partition coefficient (Wildman–Crippen LogP) is 2.82. The van der Waals surface area contributed by atoms with Gasteiger partial charge >= 0.3 is 11.8 Å². The van der Waals surface area contributed by atoms with E-state index in [-0.39, 0.29) is 6.04 Å². The summed E-state index contributed by atoms with van der Waals surface area (Å²) in [6.07, 6.45) is 6.48. The zero-order valence-electron chi connectivity index (χ0n) is 14.2. The molecule has 0 aliphatic heterocycles. The number of nitrogens with zero attached hydrogens (tertiary/aromatic N) is 2. The van der Waals surface area contributed by atoms with Crippen LogP contribution in [-0.2, 0) is 9.59 Å². The van der Waals surface area contributed by atoms with E-state index in [1.807, 2.05) is 0 Å². The summed E-state index contributed by atoms with van der Waals surface area (Å²) in [5, 5.41) is 13.2. The fraction of sp³-hybridized carbons (Fsp3) is 0.444. The van der Waals surface area contributed by atoms with Crippen LogP contribution in [0.25, 0.3) is 11.5 Å². The molecule has 0 bridgehead atoms. The molecular weight excluding hydrogens is 320 g/mol. The van der Waals surface area contributed by atoms with Gasteiger partial charge in [-0.05, 0) is 37.1 Å². The number of nitrogens with one attached hydrogen (secondary N) is 2. The number of anilines is 1. The first-order valence-electron chi connectivity index (χ1n) is 8.64. The Balaban J connectivity index is 1.55. The van der Waals surface area contributed by atoms with E-state index in [4.69, 9.17) is 4.42 Å². The van der Waals surface area contributed by atoms with Gasteiger partial charge in [0.05, 0.1) is 0 Å². The van der Waals surface area contributed by atoms with Crippen LogP contribution < -0.4 is 10.6 Å². The number of rotatable bonds is 3. The Hall–Kier alpha value is -2.70. The minimum atomic E-state index is -0.648. The molecule has 1 aliphatic rings. The van der Waals surface area contributed by atoms with Crippen molar-refractivity contribution in [2.45, 2.75) is 51.5 Å². The molecule has 25 heavy (non-hydrogen) atoms. The molecule has 0 radical (unpaired) electrons. The van der Waals surface area contributed by atoms with Crippen molar-refractivity contribution >= 4 is 17.5 Å². The van der Waals surface area contributed by atoms with Crippen LogP contribution in [0.15, 0.2) is 28.7 Å². The van der Waals surface area contributed by atoms with E-state index < -0.39 is 11.8 Å². The molecule has 0 saturated heterocycles. The molecular formula is C18H22N4O3. The normalized spacial score (nSPS) is 15.4. The summed E-state index contributed by atoms with van der Waals surface area (Å²) >= 11 is 0. The number of carbonyl (C=O) groups excluding carboxylic acids is 2. The molecule has 3 rings (SSSR count). The number of aryl methyl sites for hydroxylation is 1. The van der Waals surface area contributed by atoms with E-state index in [0.717, 1.165) is 31.2 Å². The number of amides is 2. The number of hydrogen-bond donors (Lipinski definition) is 2. The Bertz CT molecular complexity index is 731. The van der Waals surface area contributed by atoms with E-state index >= 15 is 0 Å². The van der Waals surface area contributed by atoms with E-state index in [1.165, 1.54) is 12.8 Å². The molecule has 0 spiro atoms. The van der Waals surface area contributed by atoms with Gasteiger partial charge in [0.2, 0.25) is 11.8 Å². The van der Waals surface area contributed by atoms with E-state index in [1.54, 1.807) is 31.2 Å². The molecule has 1 aliphatic carbocycles. The summed E-state index contributed by atoms with van der Waals surface area (Å²) in [5.74, 6) is -0.321. The van der Waals surface area contributed by atoms with E-state index in [9.17, 15) is 9.59 Å². The highest BCUT2D eigenvalue weighted by Gasteiger charge is 2.19. The Morgan fingerprint density at radius 3 is 2.28 bits per heavy atom. The van der Waals surface area contributed by atoms with Gasteiger partial charge in [-0.25, -0.2) is 0 Å². The van der Waals surface area contributed by atoms with E-state index in [2.05, 4.69) is 20.8 Å². The number of benzene rings is 1. The number of aromatic nitrogens is 2. The van der Waals surface area contributed by atoms with Crippen LogP contribution >= 0.6 is 0 Å². The molecule has 1 saturated carbocycles. The first-order valence-corrected chi connectivity index (χ1v) is 8.64. The lowest BCUT2D eigenvalue weighted by Gasteiger charge is -2.15. The van der Waals surface area contributed by atoms with Crippen molar-refractivity contribution in [1.29, 1.82) is 0 Å². The number of hydrogen-bond acceptors (Lipinski definition) is 5. The second-order valence-electron chi connectivity index (χ2n) is 6.32. The predicted molar refractivity (Wildman–Crippen MR) is 92.7 cm³/mol. The minimum Gasteiger partial charge on any atom is -0.421 e. The SMILES string of the molecule is Cc1nnc(-c2ccc(NC(=O)C(=O)NC3CCCCCC3)cc2)o1. The zero-order chi connectivity index (χ0) is 17.6. The van der Waals surface area contributed by atoms with Crippen molar-refractivity contribution in [1.82, 2.24) is 15.5 Å². The second-order valence-corrected chi connectivity index (χ2v) is 6.32. The Labute approximate surface area is 146 Å².